The first-order chi connectivity index (χ1) is 9.22. The molecule has 1 aromatic rings. The molecule has 1 fully saturated rings. The van der Waals surface area contributed by atoms with Crippen LogP contribution in [0.5, 0.6) is 0 Å². The minimum absolute atomic E-state index is 0.693. The lowest BCUT2D eigenvalue weighted by atomic mass is 9.93. The van der Waals surface area contributed by atoms with Gasteiger partial charge < -0.3 is 9.47 Å². The molecule has 3 nitrogen and oxygen atoms in total. The third-order valence-corrected chi connectivity index (χ3v) is 4.74. The van der Waals surface area contributed by atoms with Crippen LogP contribution in [0.3, 0.4) is 0 Å². The molecule has 0 amide bonds. The molecule has 3 heteroatoms. The first-order valence-corrected chi connectivity index (χ1v) is 8.01. The summed E-state index contributed by atoms with van der Waals surface area (Å²) in [7, 11) is 0. The van der Waals surface area contributed by atoms with Crippen LogP contribution in [0.4, 0.5) is 0 Å². The first-order valence-electron chi connectivity index (χ1n) is 8.01. The predicted molar refractivity (Wildman–Crippen MR) is 78.3 cm³/mol. The Bertz CT molecular complexity index is 398. The molecule has 19 heavy (non-hydrogen) atoms. The number of nitrogens with zero attached hydrogens (tertiary/aromatic N) is 3. The van der Waals surface area contributed by atoms with Crippen LogP contribution in [-0.2, 0) is 19.4 Å². The van der Waals surface area contributed by atoms with E-state index in [-0.39, 0.29) is 0 Å². The summed E-state index contributed by atoms with van der Waals surface area (Å²) in [6, 6.07) is 0.693. The zero-order chi connectivity index (χ0) is 13.2. The monoisotopic (exact) mass is 261 g/mol. The van der Waals surface area contributed by atoms with Crippen LogP contribution in [0.2, 0.25) is 0 Å². The molecule has 1 atom stereocenters. The highest BCUT2D eigenvalue weighted by molar-refractivity contribution is 5.07. The van der Waals surface area contributed by atoms with E-state index in [1.54, 1.807) is 0 Å². The number of rotatable bonds is 3. The van der Waals surface area contributed by atoms with Gasteiger partial charge in [0.1, 0.15) is 5.82 Å². The number of hydrogen-bond acceptors (Lipinski definition) is 2. The highest BCUT2D eigenvalue weighted by Crippen LogP contribution is 2.23. The van der Waals surface area contributed by atoms with Gasteiger partial charge in [0.15, 0.2) is 0 Å². The van der Waals surface area contributed by atoms with E-state index in [9.17, 15) is 0 Å². The van der Waals surface area contributed by atoms with Crippen molar-refractivity contribution in [2.45, 2.75) is 65.0 Å². The summed E-state index contributed by atoms with van der Waals surface area (Å²) in [5, 5.41) is 0. The van der Waals surface area contributed by atoms with E-state index in [1.165, 1.54) is 69.7 Å². The quantitative estimate of drug-likeness (QED) is 0.834. The predicted octanol–water partition coefficient (Wildman–Crippen LogP) is 2.88. The Morgan fingerprint density at radius 3 is 2.95 bits per heavy atom. The van der Waals surface area contributed by atoms with E-state index in [2.05, 4.69) is 29.5 Å². The summed E-state index contributed by atoms with van der Waals surface area (Å²) in [6.07, 6.45) is 10.1. The molecule has 3 rings (SSSR count). The van der Waals surface area contributed by atoms with Gasteiger partial charge in [-0.1, -0.05) is 0 Å². The second-order valence-electron chi connectivity index (χ2n) is 6.60. The van der Waals surface area contributed by atoms with Gasteiger partial charge in [-0.3, -0.25) is 0 Å². The summed E-state index contributed by atoms with van der Waals surface area (Å²) >= 11 is 0. The molecule has 1 unspecified atom stereocenters. The van der Waals surface area contributed by atoms with E-state index in [4.69, 9.17) is 4.98 Å². The molecule has 0 aliphatic carbocycles. The van der Waals surface area contributed by atoms with Gasteiger partial charge >= 0.3 is 0 Å². The molecule has 2 aliphatic rings. The Kier molecular flexibility index (Phi) is 3.92. The van der Waals surface area contributed by atoms with Crippen molar-refractivity contribution in [3.8, 4) is 0 Å². The fourth-order valence-corrected chi connectivity index (χ4v) is 3.60. The van der Waals surface area contributed by atoms with Crippen molar-refractivity contribution in [3.63, 3.8) is 0 Å². The van der Waals surface area contributed by atoms with Gasteiger partial charge in [0.2, 0.25) is 0 Å². The minimum atomic E-state index is 0.693. The van der Waals surface area contributed by atoms with Crippen molar-refractivity contribution in [2.24, 2.45) is 5.92 Å². The van der Waals surface area contributed by atoms with Crippen LogP contribution in [0.1, 0.15) is 51.0 Å². The maximum atomic E-state index is 4.86. The van der Waals surface area contributed by atoms with Crippen molar-refractivity contribution in [1.29, 1.82) is 0 Å². The summed E-state index contributed by atoms with van der Waals surface area (Å²) in [5.41, 5.74) is 1.34. The molecule has 2 aliphatic heterocycles. The second kappa shape index (κ2) is 5.66. The van der Waals surface area contributed by atoms with Crippen LogP contribution in [-0.4, -0.2) is 33.6 Å². The number of aryl methyl sites for hydroxylation is 2. The molecule has 1 aromatic heterocycles. The molecule has 106 valence electrons. The van der Waals surface area contributed by atoms with Crippen molar-refractivity contribution >= 4 is 0 Å². The largest absolute Gasteiger partial charge is 0.335 e. The van der Waals surface area contributed by atoms with Crippen LogP contribution < -0.4 is 0 Å². The smallest absolute Gasteiger partial charge is 0.108 e. The summed E-state index contributed by atoms with van der Waals surface area (Å²) in [4.78, 5) is 7.49. The molecule has 1 saturated heterocycles. The van der Waals surface area contributed by atoms with Crippen molar-refractivity contribution in [1.82, 2.24) is 14.5 Å². The average molecular weight is 261 g/mol. The maximum absolute atomic E-state index is 4.86. The highest BCUT2D eigenvalue weighted by Gasteiger charge is 2.23. The lowest BCUT2D eigenvalue weighted by Gasteiger charge is -2.35. The number of fused-ring (bicyclic) bond motifs is 1. The van der Waals surface area contributed by atoms with E-state index < -0.39 is 0 Å². The van der Waals surface area contributed by atoms with Gasteiger partial charge in [-0.25, -0.2) is 4.98 Å². The van der Waals surface area contributed by atoms with E-state index >= 15 is 0 Å². The summed E-state index contributed by atoms with van der Waals surface area (Å²) < 4.78 is 2.39. The zero-order valence-corrected chi connectivity index (χ0v) is 12.4. The summed E-state index contributed by atoms with van der Waals surface area (Å²) in [5.74, 6) is 2.14. The normalized spacial score (nSPS) is 24.7. The zero-order valence-electron chi connectivity index (χ0n) is 12.4. The minimum Gasteiger partial charge on any atom is -0.335 e. The maximum Gasteiger partial charge on any atom is 0.108 e. The van der Waals surface area contributed by atoms with Gasteiger partial charge in [0, 0.05) is 31.7 Å². The van der Waals surface area contributed by atoms with Gasteiger partial charge in [0.25, 0.3) is 0 Å². The topological polar surface area (TPSA) is 21.1 Å². The number of piperidine rings is 1. The van der Waals surface area contributed by atoms with Crippen molar-refractivity contribution in [3.05, 3.63) is 17.7 Å². The first kappa shape index (κ1) is 13.2. The Morgan fingerprint density at radius 2 is 2.16 bits per heavy atom. The molecule has 0 N–H and O–H groups in total. The molecule has 3 heterocycles. The Morgan fingerprint density at radius 1 is 1.26 bits per heavy atom. The third kappa shape index (κ3) is 3.02. The molecular formula is C16H27N3. The lowest BCUT2D eigenvalue weighted by molar-refractivity contribution is 0.139. The van der Waals surface area contributed by atoms with Gasteiger partial charge in [0.05, 0.1) is 5.69 Å². The average Bonchev–Trinajstić information content (AvgIpc) is 2.81. The molecule has 0 aromatic carbocycles. The molecule has 0 radical (unpaired) electrons. The molecular weight excluding hydrogens is 234 g/mol. The fourth-order valence-electron chi connectivity index (χ4n) is 3.60. The molecule has 0 spiro atoms. The van der Waals surface area contributed by atoms with Crippen LogP contribution in [0.25, 0.3) is 0 Å². The Labute approximate surface area is 117 Å². The number of hydrogen-bond donors (Lipinski definition) is 0. The van der Waals surface area contributed by atoms with Crippen LogP contribution >= 0.6 is 0 Å². The van der Waals surface area contributed by atoms with E-state index in [0.717, 1.165) is 5.92 Å². The van der Waals surface area contributed by atoms with Gasteiger partial charge in [-0.05, 0) is 58.4 Å². The van der Waals surface area contributed by atoms with E-state index in [0.29, 0.717) is 6.04 Å². The lowest BCUT2D eigenvalue weighted by Crippen LogP contribution is -2.40. The summed E-state index contributed by atoms with van der Waals surface area (Å²) in [6.45, 7) is 8.37. The van der Waals surface area contributed by atoms with Gasteiger partial charge in [-0.2, -0.15) is 0 Å². The third-order valence-electron chi connectivity index (χ3n) is 4.74. The molecule has 0 bridgehead atoms. The highest BCUT2D eigenvalue weighted by atomic mass is 15.2. The van der Waals surface area contributed by atoms with Gasteiger partial charge in [-0.15, -0.1) is 0 Å². The van der Waals surface area contributed by atoms with E-state index in [1.807, 2.05) is 0 Å². The Balaban J connectivity index is 1.63. The molecule has 0 saturated carbocycles. The number of aromatic nitrogens is 2. The Hall–Kier alpha value is -0.830. The second-order valence-corrected chi connectivity index (χ2v) is 6.60. The number of likely N-dealkylation sites (tertiary alicyclic amines) is 1. The number of imidazole rings is 1. The fraction of sp³-hybridized carbons (Fsp3) is 0.812. The van der Waals surface area contributed by atoms with Crippen LogP contribution in [0, 0.1) is 5.92 Å². The van der Waals surface area contributed by atoms with Crippen LogP contribution in [0.15, 0.2) is 6.20 Å². The van der Waals surface area contributed by atoms with Crippen molar-refractivity contribution < 1.29 is 0 Å². The standard InChI is InChI=1S/C16H27N3/c1-13(2)18-9-5-6-14(11-18)10-15-12-19-8-4-3-7-16(19)17-15/h12-14H,3-11H2,1-2H3. The van der Waals surface area contributed by atoms with Crippen molar-refractivity contribution in [2.75, 3.05) is 13.1 Å². The SMILES string of the molecule is CC(C)N1CCCC(Cc2cn3c(n2)CCCC3)C1.